The van der Waals surface area contributed by atoms with E-state index in [1.54, 1.807) is 0 Å². The van der Waals surface area contributed by atoms with E-state index in [0.29, 0.717) is 0 Å². The Morgan fingerprint density at radius 2 is 1.93 bits per heavy atom. The molecule has 1 aromatic heterocycles. The number of pyridine rings is 1. The van der Waals surface area contributed by atoms with Crippen molar-refractivity contribution in [2.45, 2.75) is 44.9 Å². The van der Waals surface area contributed by atoms with Gasteiger partial charge in [0.1, 0.15) is 4.64 Å². The highest BCUT2D eigenvalue weighted by atomic mass is 32.1. The third-order valence-corrected chi connectivity index (χ3v) is 3.27. The SMILES string of the molecule is Cc1cc(C2CCCCC2)[nH]c(=S)c1. The van der Waals surface area contributed by atoms with Crippen molar-refractivity contribution in [3.63, 3.8) is 0 Å². The second-order valence-corrected chi connectivity index (χ2v) is 4.75. The zero-order valence-electron chi connectivity index (χ0n) is 8.68. The molecule has 1 aromatic rings. The summed E-state index contributed by atoms with van der Waals surface area (Å²) in [4.78, 5) is 3.33. The highest BCUT2D eigenvalue weighted by molar-refractivity contribution is 7.71. The monoisotopic (exact) mass is 207 g/mol. The van der Waals surface area contributed by atoms with E-state index in [9.17, 15) is 0 Å². The Hall–Kier alpha value is -0.630. The number of rotatable bonds is 1. The van der Waals surface area contributed by atoms with E-state index in [1.807, 2.05) is 6.07 Å². The van der Waals surface area contributed by atoms with Gasteiger partial charge in [-0.15, -0.1) is 0 Å². The maximum Gasteiger partial charge on any atom is 0.103 e. The van der Waals surface area contributed by atoms with Gasteiger partial charge in [0.2, 0.25) is 0 Å². The maximum absolute atomic E-state index is 5.20. The molecule has 1 fully saturated rings. The zero-order chi connectivity index (χ0) is 9.97. The lowest BCUT2D eigenvalue weighted by atomic mass is 9.86. The quantitative estimate of drug-likeness (QED) is 0.685. The first-order chi connectivity index (χ1) is 6.75. The van der Waals surface area contributed by atoms with Crippen LogP contribution in [-0.2, 0) is 0 Å². The van der Waals surface area contributed by atoms with Crippen LogP contribution in [0.15, 0.2) is 12.1 Å². The lowest BCUT2D eigenvalue weighted by Gasteiger charge is -2.21. The van der Waals surface area contributed by atoms with E-state index in [4.69, 9.17) is 12.2 Å². The van der Waals surface area contributed by atoms with Gasteiger partial charge in [-0.05, 0) is 43.4 Å². The van der Waals surface area contributed by atoms with E-state index in [1.165, 1.54) is 43.4 Å². The predicted octanol–water partition coefficient (Wildman–Crippen LogP) is 4.10. The summed E-state index contributed by atoms with van der Waals surface area (Å²) in [6, 6.07) is 4.29. The van der Waals surface area contributed by atoms with Crippen molar-refractivity contribution < 1.29 is 0 Å². The number of aromatic nitrogens is 1. The molecule has 0 radical (unpaired) electrons. The third kappa shape index (κ3) is 2.24. The van der Waals surface area contributed by atoms with Gasteiger partial charge in [0.25, 0.3) is 0 Å². The highest BCUT2D eigenvalue weighted by Gasteiger charge is 2.15. The fourth-order valence-electron chi connectivity index (χ4n) is 2.34. The van der Waals surface area contributed by atoms with Gasteiger partial charge in [0.15, 0.2) is 0 Å². The Labute approximate surface area is 90.6 Å². The molecule has 0 spiro atoms. The summed E-state index contributed by atoms with van der Waals surface area (Å²) in [5.41, 5.74) is 2.64. The highest BCUT2D eigenvalue weighted by Crippen LogP contribution is 2.31. The van der Waals surface area contributed by atoms with Crippen LogP contribution >= 0.6 is 12.2 Å². The van der Waals surface area contributed by atoms with E-state index < -0.39 is 0 Å². The van der Waals surface area contributed by atoms with Gasteiger partial charge >= 0.3 is 0 Å². The molecule has 0 aromatic carbocycles. The number of nitrogens with one attached hydrogen (secondary N) is 1. The summed E-state index contributed by atoms with van der Waals surface area (Å²) in [6.45, 7) is 2.12. The second kappa shape index (κ2) is 4.26. The maximum atomic E-state index is 5.20. The number of hydrogen-bond acceptors (Lipinski definition) is 1. The van der Waals surface area contributed by atoms with Gasteiger partial charge < -0.3 is 4.98 Å². The standard InChI is InChI=1S/C12H17NS/c1-9-7-11(13-12(14)8-9)10-5-3-2-4-6-10/h7-8,10H,2-6H2,1H3,(H,13,14). The summed E-state index contributed by atoms with van der Waals surface area (Å²) in [6.07, 6.45) is 6.81. The van der Waals surface area contributed by atoms with Crippen molar-refractivity contribution in [1.29, 1.82) is 0 Å². The number of H-pyrrole nitrogens is 1. The summed E-state index contributed by atoms with van der Waals surface area (Å²) in [5, 5.41) is 0. The summed E-state index contributed by atoms with van der Waals surface area (Å²) >= 11 is 5.20. The molecule has 0 aliphatic heterocycles. The van der Waals surface area contributed by atoms with Crippen molar-refractivity contribution in [3.05, 3.63) is 28.0 Å². The van der Waals surface area contributed by atoms with Crippen LogP contribution in [0.25, 0.3) is 0 Å². The average molecular weight is 207 g/mol. The molecule has 1 saturated carbocycles. The molecule has 0 bridgehead atoms. The largest absolute Gasteiger partial charge is 0.350 e. The number of aromatic amines is 1. The van der Waals surface area contributed by atoms with Crippen LogP contribution in [0.5, 0.6) is 0 Å². The van der Waals surface area contributed by atoms with Crippen molar-refractivity contribution in [2.75, 3.05) is 0 Å². The fraction of sp³-hybridized carbons (Fsp3) is 0.583. The number of hydrogen-bond donors (Lipinski definition) is 1. The van der Waals surface area contributed by atoms with Crippen LogP contribution in [0.3, 0.4) is 0 Å². The molecule has 2 heteroatoms. The molecule has 0 unspecified atom stereocenters. The van der Waals surface area contributed by atoms with Gasteiger partial charge in [-0.3, -0.25) is 0 Å². The van der Waals surface area contributed by atoms with Crippen LogP contribution in [0.2, 0.25) is 0 Å². The molecule has 2 rings (SSSR count). The number of aryl methyl sites for hydroxylation is 1. The van der Waals surface area contributed by atoms with Crippen LogP contribution in [0, 0.1) is 11.6 Å². The third-order valence-electron chi connectivity index (χ3n) is 3.05. The fourth-order valence-corrected chi connectivity index (χ4v) is 2.65. The smallest absolute Gasteiger partial charge is 0.103 e. The molecule has 14 heavy (non-hydrogen) atoms. The first-order valence-electron chi connectivity index (χ1n) is 5.46. The Morgan fingerprint density at radius 3 is 2.57 bits per heavy atom. The lowest BCUT2D eigenvalue weighted by Crippen LogP contribution is -2.06. The Morgan fingerprint density at radius 1 is 1.21 bits per heavy atom. The van der Waals surface area contributed by atoms with Crippen molar-refractivity contribution in [2.24, 2.45) is 0 Å². The van der Waals surface area contributed by atoms with E-state index in [2.05, 4.69) is 18.0 Å². The Balaban J connectivity index is 2.26. The molecular formula is C12H17NS. The summed E-state index contributed by atoms with van der Waals surface area (Å²) < 4.78 is 0.880. The van der Waals surface area contributed by atoms with Gasteiger partial charge in [0.05, 0.1) is 0 Å². The lowest BCUT2D eigenvalue weighted by molar-refractivity contribution is 0.436. The molecule has 76 valence electrons. The van der Waals surface area contributed by atoms with Crippen LogP contribution < -0.4 is 0 Å². The zero-order valence-corrected chi connectivity index (χ0v) is 9.49. The van der Waals surface area contributed by atoms with E-state index in [0.717, 1.165) is 10.6 Å². The Kier molecular flexibility index (Phi) is 3.02. The normalized spacial score (nSPS) is 18.4. The first-order valence-corrected chi connectivity index (χ1v) is 5.87. The molecule has 1 nitrogen and oxygen atoms in total. The molecule has 1 aliphatic carbocycles. The van der Waals surface area contributed by atoms with Crippen molar-refractivity contribution in [3.8, 4) is 0 Å². The minimum absolute atomic E-state index is 0.727. The molecule has 0 amide bonds. The molecule has 1 heterocycles. The molecule has 1 N–H and O–H groups in total. The summed E-state index contributed by atoms with van der Waals surface area (Å²) in [5.74, 6) is 0.727. The van der Waals surface area contributed by atoms with Gasteiger partial charge in [-0.1, -0.05) is 31.5 Å². The topological polar surface area (TPSA) is 15.8 Å². The van der Waals surface area contributed by atoms with Crippen LogP contribution in [0.4, 0.5) is 0 Å². The molecule has 0 saturated heterocycles. The second-order valence-electron chi connectivity index (χ2n) is 4.31. The van der Waals surface area contributed by atoms with Gasteiger partial charge in [-0.25, -0.2) is 0 Å². The van der Waals surface area contributed by atoms with E-state index in [-0.39, 0.29) is 0 Å². The predicted molar refractivity (Wildman–Crippen MR) is 62.2 cm³/mol. The first kappa shape index (κ1) is 9.91. The minimum Gasteiger partial charge on any atom is -0.350 e. The minimum atomic E-state index is 0.727. The van der Waals surface area contributed by atoms with Gasteiger partial charge in [0, 0.05) is 5.69 Å². The molecular weight excluding hydrogens is 190 g/mol. The van der Waals surface area contributed by atoms with Crippen LogP contribution in [0.1, 0.15) is 49.3 Å². The molecule has 0 atom stereocenters. The Bertz CT molecular complexity index is 361. The van der Waals surface area contributed by atoms with Gasteiger partial charge in [-0.2, -0.15) is 0 Å². The van der Waals surface area contributed by atoms with E-state index >= 15 is 0 Å². The molecule has 1 aliphatic rings. The van der Waals surface area contributed by atoms with Crippen molar-refractivity contribution >= 4 is 12.2 Å². The average Bonchev–Trinajstić information content (AvgIpc) is 2.18. The van der Waals surface area contributed by atoms with Crippen LogP contribution in [-0.4, -0.2) is 4.98 Å². The van der Waals surface area contributed by atoms with Crippen molar-refractivity contribution in [1.82, 2.24) is 4.98 Å². The summed E-state index contributed by atoms with van der Waals surface area (Å²) in [7, 11) is 0.